The van der Waals surface area contributed by atoms with Crippen molar-refractivity contribution in [1.82, 2.24) is 4.90 Å². The van der Waals surface area contributed by atoms with E-state index in [2.05, 4.69) is 6.92 Å². The number of ether oxygens (including phenoxy) is 2. The Labute approximate surface area is 175 Å². The van der Waals surface area contributed by atoms with E-state index in [0.717, 1.165) is 23.3 Å². The van der Waals surface area contributed by atoms with E-state index in [9.17, 15) is 9.59 Å². The monoisotopic (exact) mass is 407 g/mol. The van der Waals surface area contributed by atoms with Crippen LogP contribution in [0.5, 0.6) is 5.75 Å². The van der Waals surface area contributed by atoms with Crippen molar-refractivity contribution in [2.75, 3.05) is 26.9 Å². The van der Waals surface area contributed by atoms with Crippen molar-refractivity contribution in [3.05, 3.63) is 75.1 Å². The van der Waals surface area contributed by atoms with Gasteiger partial charge in [-0.2, -0.15) is 0 Å². The molecule has 3 aromatic rings. The lowest BCUT2D eigenvalue weighted by molar-refractivity contribution is 0.0663. The number of carbonyl (C=O) groups excluding carboxylic acids is 1. The van der Waals surface area contributed by atoms with Crippen LogP contribution in [0.15, 0.2) is 51.7 Å². The van der Waals surface area contributed by atoms with E-state index >= 15 is 0 Å². The van der Waals surface area contributed by atoms with Crippen LogP contribution >= 0.6 is 0 Å². The number of methoxy groups -OCH3 is 1. The zero-order chi connectivity index (χ0) is 21.3. The predicted molar refractivity (Wildman–Crippen MR) is 114 cm³/mol. The topological polar surface area (TPSA) is 69.0 Å². The third kappa shape index (κ3) is 3.48. The fraction of sp³-hybridized carbons (Fsp3) is 0.333. The maximum Gasteiger partial charge on any atom is 0.290 e. The quantitative estimate of drug-likeness (QED) is 0.590. The first kappa shape index (κ1) is 20.2. The van der Waals surface area contributed by atoms with Crippen molar-refractivity contribution in [1.29, 1.82) is 0 Å². The Balaban J connectivity index is 1.85. The molecule has 2 heterocycles. The van der Waals surface area contributed by atoms with Gasteiger partial charge in [0.05, 0.1) is 30.2 Å². The smallest absolute Gasteiger partial charge is 0.290 e. The van der Waals surface area contributed by atoms with E-state index in [1.807, 2.05) is 43.3 Å². The van der Waals surface area contributed by atoms with Crippen LogP contribution in [0.4, 0.5) is 0 Å². The number of rotatable bonds is 7. The van der Waals surface area contributed by atoms with Crippen LogP contribution in [0.3, 0.4) is 0 Å². The van der Waals surface area contributed by atoms with Crippen molar-refractivity contribution in [2.45, 2.75) is 26.3 Å². The highest BCUT2D eigenvalue weighted by atomic mass is 16.5. The Kier molecular flexibility index (Phi) is 5.59. The molecule has 30 heavy (non-hydrogen) atoms. The molecule has 2 aromatic carbocycles. The Morgan fingerprint density at radius 2 is 1.83 bits per heavy atom. The van der Waals surface area contributed by atoms with E-state index in [4.69, 9.17) is 13.9 Å². The molecule has 0 spiro atoms. The van der Waals surface area contributed by atoms with Gasteiger partial charge in [0, 0.05) is 13.7 Å². The van der Waals surface area contributed by atoms with E-state index in [0.29, 0.717) is 36.3 Å². The van der Waals surface area contributed by atoms with Gasteiger partial charge in [0.1, 0.15) is 11.3 Å². The van der Waals surface area contributed by atoms with Crippen molar-refractivity contribution in [3.8, 4) is 5.75 Å². The number of fused-ring (bicyclic) bond motifs is 2. The van der Waals surface area contributed by atoms with E-state index in [1.54, 1.807) is 18.1 Å². The lowest BCUT2D eigenvalue weighted by atomic mass is 9.98. The van der Waals surface area contributed by atoms with Gasteiger partial charge < -0.3 is 18.8 Å². The highest BCUT2D eigenvalue weighted by Gasteiger charge is 2.42. The van der Waals surface area contributed by atoms with Crippen molar-refractivity contribution in [3.63, 3.8) is 0 Å². The Bertz CT molecular complexity index is 1130. The fourth-order valence-corrected chi connectivity index (χ4v) is 3.87. The summed E-state index contributed by atoms with van der Waals surface area (Å²) in [6.45, 7) is 5.33. The van der Waals surface area contributed by atoms with Crippen molar-refractivity contribution in [2.24, 2.45) is 0 Å². The molecule has 6 heteroatoms. The minimum Gasteiger partial charge on any atom is -0.494 e. The molecule has 1 aliphatic rings. The normalized spacial score (nSPS) is 15.6. The molecule has 1 aromatic heterocycles. The summed E-state index contributed by atoms with van der Waals surface area (Å²) in [6.07, 6.45) is 0.921. The van der Waals surface area contributed by atoms with Crippen LogP contribution < -0.4 is 10.2 Å². The zero-order valence-electron chi connectivity index (χ0n) is 17.4. The van der Waals surface area contributed by atoms with Gasteiger partial charge in [-0.15, -0.1) is 0 Å². The Hall–Kier alpha value is -3.12. The molecular weight excluding hydrogens is 382 g/mol. The maximum absolute atomic E-state index is 13.4. The highest BCUT2D eigenvalue weighted by molar-refractivity contribution is 5.99. The van der Waals surface area contributed by atoms with Gasteiger partial charge >= 0.3 is 0 Å². The van der Waals surface area contributed by atoms with E-state index in [-0.39, 0.29) is 17.1 Å². The summed E-state index contributed by atoms with van der Waals surface area (Å²) >= 11 is 0. The number of aryl methyl sites for hydroxylation is 1. The van der Waals surface area contributed by atoms with Crippen LogP contribution in [0.2, 0.25) is 0 Å². The average Bonchev–Trinajstić information content (AvgIpc) is 3.03. The number of nitrogens with zero attached hydrogens (tertiary/aromatic N) is 1. The predicted octanol–water partition coefficient (Wildman–Crippen LogP) is 4.08. The third-order valence-corrected chi connectivity index (χ3v) is 5.33. The maximum atomic E-state index is 13.4. The molecule has 0 aliphatic carbocycles. The van der Waals surface area contributed by atoms with Crippen molar-refractivity contribution < 1.29 is 18.7 Å². The standard InChI is InChI=1S/C24H25NO5/c1-4-12-29-17-8-6-16(7-9-17)21-20-22(26)18-14-15(2)5-10-19(18)30-23(20)24(27)25(21)11-13-28-3/h5-10,14,21H,4,11-13H2,1-3H3/t21-/m1/s1. The second kappa shape index (κ2) is 8.32. The summed E-state index contributed by atoms with van der Waals surface area (Å²) in [7, 11) is 1.59. The van der Waals surface area contributed by atoms with Crippen LogP contribution in [-0.2, 0) is 4.74 Å². The van der Waals surface area contributed by atoms with Gasteiger partial charge in [0.15, 0.2) is 5.43 Å². The number of hydrogen-bond acceptors (Lipinski definition) is 5. The molecule has 0 saturated carbocycles. The van der Waals surface area contributed by atoms with Crippen LogP contribution in [0, 0.1) is 6.92 Å². The molecule has 6 nitrogen and oxygen atoms in total. The summed E-state index contributed by atoms with van der Waals surface area (Å²) < 4.78 is 16.8. The fourth-order valence-electron chi connectivity index (χ4n) is 3.87. The largest absolute Gasteiger partial charge is 0.494 e. The lowest BCUT2D eigenvalue weighted by Gasteiger charge is -2.25. The summed E-state index contributed by atoms with van der Waals surface area (Å²) in [5.41, 5.74) is 2.44. The first-order valence-corrected chi connectivity index (χ1v) is 10.1. The lowest BCUT2D eigenvalue weighted by Crippen LogP contribution is -2.32. The molecule has 0 unspecified atom stereocenters. The first-order chi connectivity index (χ1) is 14.5. The third-order valence-electron chi connectivity index (χ3n) is 5.33. The molecule has 1 atom stereocenters. The van der Waals surface area contributed by atoms with Crippen LogP contribution in [0.25, 0.3) is 11.0 Å². The minimum absolute atomic E-state index is 0.115. The van der Waals surface area contributed by atoms with Crippen molar-refractivity contribution >= 4 is 16.9 Å². The van der Waals surface area contributed by atoms with Gasteiger partial charge in [0.25, 0.3) is 5.91 Å². The number of benzene rings is 2. The molecule has 0 N–H and O–H groups in total. The Morgan fingerprint density at radius 1 is 1.07 bits per heavy atom. The number of amides is 1. The number of hydrogen-bond donors (Lipinski definition) is 0. The van der Waals surface area contributed by atoms with Gasteiger partial charge in [-0.05, 0) is 43.2 Å². The first-order valence-electron chi connectivity index (χ1n) is 10.1. The molecular formula is C24H25NO5. The molecule has 0 saturated heterocycles. The molecule has 0 bridgehead atoms. The molecule has 1 aliphatic heterocycles. The minimum atomic E-state index is -0.524. The zero-order valence-corrected chi connectivity index (χ0v) is 17.4. The second-order valence-corrected chi connectivity index (χ2v) is 7.48. The molecule has 156 valence electrons. The van der Waals surface area contributed by atoms with E-state index in [1.165, 1.54) is 0 Å². The SMILES string of the molecule is CCCOc1ccc([C@@H]2c3c(oc4ccc(C)cc4c3=O)C(=O)N2CCOC)cc1. The van der Waals surface area contributed by atoms with Gasteiger partial charge in [0.2, 0.25) is 5.76 Å². The average molecular weight is 407 g/mol. The summed E-state index contributed by atoms with van der Waals surface area (Å²) in [5.74, 6) is 0.580. The summed E-state index contributed by atoms with van der Waals surface area (Å²) in [6, 6.07) is 12.4. The molecule has 1 amide bonds. The number of carbonyl (C=O) groups is 1. The van der Waals surface area contributed by atoms with Crippen LogP contribution in [0.1, 0.15) is 46.6 Å². The van der Waals surface area contributed by atoms with Gasteiger partial charge in [-0.1, -0.05) is 30.7 Å². The van der Waals surface area contributed by atoms with Gasteiger partial charge in [-0.3, -0.25) is 9.59 Å². The van der Waals surface area contributed by atoms with Gasteiger partial charge in [-0.25, -0.2) is 0 Å². The summed E-state index contributed by atoms with van der Waals surface area (Å²) in [4.78, 5) is 28.3. The second-order valence-electron chi connectivity index (χ2n) is 7.48. The Morgan fingerprint density at radius 3 is 2.53 bits per heavy atom. The van der Waals surface area contributed by atoms with E-state index < -0.39 is 6.04 Å². The molecule has 4 rings (SSSR count). The molecule has 0 radical (unpaired) electrons. The highest BCUT2D eigenvalue weighted by Crippen LogP contribution is 2.38. The molecule has 0 fully saturated rings. The van der Waals surface area contributed by atoms with Crippen LogP contribution in [-0.4, -0.2) is 37.7 Å². The summed E-state index contributed by atoms with van der Waals surface area (Å²) in [5, 5.41) is 0.489.